The second-order valence-electron chi connectivity index (χ2n) is 11.3. The van der Waals surface area contributed by atoms with Gasteiger partial charge in [-0.25, -0.2) is 4.79 Å². The molecule has 4 atom stereocenters. The molecule has 4 amide bonds. The van der Waals surface area contributed by atoms with Crippen LogP contribution in [0.15, 0.2) is 29.3 Å². The van der Waals surface area contributed by atoms with E-state index in [1.807, 2.05) is 24.3 Å². The number of aliphatic carboxylic acids is 2. The number of nitrogens with zero attached hydrogens (tertiary/aromatic N) is 1. The average molecular weight is 644 g/mol. The summed E-state index contributed by atoms with van der Waals surface area (Å²) in [6, 6.07) is 3.10. The van der Waals surface area contributed by atoms with Crippen molar-refractivity contribution in [2.45, 2.75) is 70.2 Å². The van der Waals surface area contributed by atoms with Crippen molar-refractivity contribution < 1.29 is 39.0 Å². The van der Waals surface area contributed by atoms with E-state index >= 15 is 0 Å². The molecule has 2 heterocycles. The molecule has 0 saturated heterocycles. The average Bonchev–Trinajstić information content (AvgIpc) is 3.36. The molecule has 1 aromatic heterocycles. The van der Waals surface area contributed by atoms with Crippen molar-refractivity contribution in [3.8, 4) is 0 Å². The van der Waals surface area contributed by atoms with E-state index in [9.17, 15) is 39.0 Å². The van der Waals surface area contributed by atoms with Crippen molar-refractivity contribution in [2.75, 3.05) is 13.1 Å². The van der Waals surface area contributed by atoms with Crippen LogP contribution < -0.4 is 38.1 Å². The van der Waals surface area contributed by atoms with Gasteiger partial charge in [0.2, 0.25) is 23.6 Å². The third kappa shape index (κ3) is 9.91. The summed E-state index contributed by atoms with van der Waals surface area (Å²) < 4.78 is 0. The second kappa shape index (κ2) is 16.2. The third-order valence-corrected chi connectivity index (χ3v) is 7.41. The summed E-state index contributed by atoms with van der Waals surface area (Å²) in [6.45, 7) is 3.04. The zero-order chi connectivity index (χ0) is 34.0. The number of nitrogens with two attached hydrogens (primary N) is 2. The largest absolute Gasteiger partial charge is 0.481 e. The maximum absolute atomic E-state index is 13.3. The molecular formula is C29H41N9O8. The summed E-state index contributed by atoms with van der Waals surface area (Å²) in [5, 5.41) is 32.3. The molecule has 2 aromatic rings. The predicted octanol–water partition coefficient (Wildman–Crippen LogP) is -1.98. The summed E-state index contributed by atoms with van der Waals surface area (Å²) in [7, 11) is 0. The molecule has 1 aliphatic rings. The van der Waals surface area contributed by atoms with E-state index in [0.29, 0.717) is 19.4 Å². The number of aromatic nitrogens is 1. The first kappa shape index (κ1) is 35.3. The van der Waals surface area contributed by atoms with E-state index in [-0.39, 0.29) is 18.9 Å². The predicted molar refractivity (Wildman–Crippen MR) is 166 cm³/mol. The topological polar surface area (TPSA) is 283 Å². The lowest BCUT2D eigenvalue weighted by molar-refractivity contribution is -0.144. The Morgan fingerprint density at radius 1 is 1.00 bits per heavy atom. The molecule has 17 nitrogen and oxygen atoms in total. The number of carbonyl (C=O) groups excluding carboxylic acids is 4. The number of H-pyrrole nitrogens is 1. The Morgan fingerprint density at radius 3 is 2.37 bits per heavy atom. The number of aliphatic imine (C=N–C) groups is 1. The number of fused-ring (bicyclic) bond motifs is 3. The third-order valence-electron chi connectivity index (χ3n) is 7.41. The van der Waals surface area contributed by atoms with Gasteiger partial charge in [-0.3, -0.25) is 34.3 Å². The van der Waals surface area contributed by atoms with Crippen LogP contribution in [0.1, 0.15) is 44.4 Å². The van der Waals surface area contributed by atoms with Crippen LogP contribution in [-0.4, -0.2) is 94.0 Å². The minimum atomic E-state index is -1.61. The normalized spacial score (nSPS) is 15.9. The minimum Gasteiger partial charge on any atom is -0.481 e. The Hall–Kier alpha value is -5.19. The van der Waals surface area contributed by atoms with E-state index < -0.39 is 78.6 Å². The Labute approximate surface area is 264 Å². The molecule has 1 aromatic carbocycles. The van der Waals surface area contributed by atoms with Gasteiger partial charge in [-0.15, -0.1) is 0 Å². The maximum Gasteiger partial charge on any atom is 0.326 e. The fourth-order valence-corrected chi connectivity index (χ4v) is 5.06. The number of hydrogen-bond donors (Lipinski definition) is 10. The number of nitrogens with one attached hydrogen (secondary N) is 6. The molecule has 0 aliphatic carbocycles. The first-order chi connectivity index (χ1) is 21.8. The zero-order valence-corrected chi connectivity index (χ0v) is 25.6. The summed E-state index contributed by atoms with van der Waals surface area (Å²) in [4.78, 5) is 81.8. The number of benzene rings is 1. The molecule has 0 bridgehead atoms. The molecule has 46 heavy (non-hydrogen) atoms. The van der Waals surface area contributed by atoms with Gasteiger partial charge in [0, 0.05) is 29.7 Å². The van der Waals surface area contributed by atoms with Gasteiger partial charge in [0.15, 0.2) is 5.96 Å². The molecule has 1 aliphatic heterocycles. The van der Waals surface area contributed by atoms with Crippen molar-refractivity contribution in [3.05, 3.63) is 35.5 Å². The van der Waals surface area contributed by atoms with Crippen molar-refractivity contribution in [1.82, 2.24) is 31.6 Å². The highest BCUT2D eigenvalue weighted by Crippen LogP contribution is 2.26. The van der Waals surface area contributed by atoms with Crippen molar-refractivity contribution in [2.24, 2.45) is 22.4 Å². The van der Waals surface area contributed by atoms with Gasteiger partial charge in [0.25, 0.3) is 0 Å². The number of carboxylic acid groups (broad SMARTS) is 2. The van der Waals surface area contributed by atoms with Gasteiger partial charge in [-0.1, -0.05) is 32.0 Å². The number of guanidine groups is 1. The molecule has 0 saturated carbocycles. The van der Waals surface area contributed by atoms with Crippen LogP contribution in [0.2, 0.25) is 0 Å². The molecule has 0 unspecified atom stereocenters. The van der Waals surface area contributed by atoms with Crippen LogP contribution in [0.4, 0.5) is 0 Å². The van der Waals surface area contributed by atoms with Crippen LogP contribution >= 0.6 is 0 Å². The highest BCUT2D eigenvalue weighted by molar-refractivity contribution is 5.95. The number of carbonyl (C=O) groups is 6. The van der Waals surface area contributed by atoms with Crippen molar-refractivity contribution >= 4 is 52.4 Å². The van der Waals surface area contributed by atoms with Crippen molar-refractivity contribution in [1.29, 1.82) is 0 Å². The van der Waals surface area contributed by atoms with Crippen LogP contribution in [0, 0.1) is 5.92 Å². The Balaban J connectivity index is 1.64. The Bertz CT molecular complexity index is 1480. The highest BCUT2D eigenvalue weighted by atomic mass is 16.4. The lowest BCUT2D eigenvalue weighted by Gasteiger charge is -2.26. The summed E-state index contributed by atoms with van der Waals surface area (Å²) in [6.07, 6.45) is -0.0140. The van der Waals surface area contributed by atoms with Gasteiger partial charge in [0.05, 0.1) is 19.0 Å². The zero-order valence-electron chi connectivity index (χ0n) is 25.6. The van der Waals surface area contributed by atoms with Gasteiger partial charge in [0.1, 0.15) is 18.1 Å². The molecule has 0 radical (unpaired) electrons. The first-order valence-electron chi connectivity index (χ1n) is 14.8. The lowest BCUT2D eigenvalue weighted by atomic mass is 9.97. The fraction of sp³-hybridized carbons (Fsp3) is 0.483. The van der Waals surface area contributed by atoms with Crippen LogP contribution in [0.25, 0.3) is 10.9 Å². The second-order valence-corrected chi connectivity index (χ2v) is 11.3. The van der Waals surface area contributed by atoms with Crippen LogP contribution in [0.5, 0.6) is 0 Å². The summed E-state index contributed by atoms with van der Waals surface area (Å²) >= 11 is 0. The molecule has 0 spiro atoms. The number of amides is 4. The van der Waals surface area contributed by atoms with Gasteiger partial charge in [-0.05, 0) is 36.8 Å². The first-order valence-corrected chi connectivity index (χ1v) is 14.8. The molecule has 0 fully saturated rings. The van der Waals surface area contributed by atoms with E-state index in [1.54, 1.807) is 13.8 Å². The van der Waals surface area contributed by atoms with Crippen LogP contribution in [0.3, 0.4) is 0 Å². The molecule has 12 N–H and O–H groups in total. The van der Waals surface area contributed by atoms with Crippen molar-refractivity contribution in [3.63, 3.8) is 0 Å². The van der Waals surface area contributed by atoms with E-state index in [4.69, 9.17) is 11.5 Å². The Morgan fingerprint density at radius 2 is 1.72 bits per heavy atom. The molecule has 3 rings (SSSR count). The quantitative estimate of drug-likeness (QED) is 0.0543. The number of hydrogen-bond acceptors (Lipinski definition) is 8. The van der Waals surface area contributed by atoms with Gasteiger partial charge < -0.3 is 47.9 Å². The lowest BCUT2D eigenvalue weighted by Crippen LogP contribution is -2.56. The van der Waals surface area contributed by atoms with Crippen LogP contribution in [-0.2, 0) is 41.7 Å². The summed E-state index contributed by atoms with van der Waals surface area (Å²) in [5.74, 6) is -6.45. The number of rotatable bonds is 16. The van der Waals surface area contributed by atoms with E-state index in [0.717, 1.165) is 22.2 Å². The summed E-state index contributed by atoms with van der Waals surface area (Å²) in [5.41, 5.74) is 13.7. The standard InChI is InChI=1S/C29H41N9O8/c1-14(2)24(28(45)46)38-27(44)20(11-23(40)41)36-22(39)13-34-25(42)18(8-5-9-32-29(30)31)37-26(43)19-10-16-15-6-3-4-7-17(15)35-21(16)12-33-19/h3-4,6-7,14,18-20,24,33,35H,5,8-13H2,1-2H3,(H,34,42)(H,36,39)(H,37,43)(H,38,44)(H,40,41)(H,45,46)(H4,30,31,32)/t18-,19-,20-,24+/m0/s1. The fourth-order valence-electron chi connectivity index (χ4n) is 5.06. The van der Waals surface area contributed by atoms with E-state index in [1.165, 1.54) is 0 Å². The smallest absolute Gasteiger partial charge is 0.326 e. The Kier molecular flexibility index (Phi) is 12.4. The highest BCUT2D eigenvalue weighted by Gasteiger charge is 2.32. The minimum absolute atomic E-state index is 0.122. The number of aromatic amines is 1. The SMILES string of the molecule is CC(C)[C@@H](NC(=O)[C@H](CC(=O)O)NC(=O)CNC(=O)[C@H](CCCN=C(N)N)NC(=O)[C@@H]1Cc2c([nH]c3ccccc23)CN1)C(=O)O. The number of para-hydroxylation sites is 1. The molecule has 17 heteroatoms. The monoisotopic (exact) mass is 643 g/mol. The van der Waals surface area contributed by atoms with Gasteiger partial charge >= 0.3 is 11.9 Å². The maximum atomic E-state index is 13.3. The molecular weight excluding hydrogens is 602 g/mol. The van der Waals surface area contributed by atoms with Gasteiger partial charge in [-0.2, -0.15) is 0 Å². The molecule has 250 valence electrons. The number of carboxylic acids is 2. The van der Waals surface area contributed by atoms with E-state index in [2.05, 4.69) is 36.6 Å².